The van der Waals surface area contributed by atoms with Crippen LogP contribution in [-0.2, 0) is 0 Å². The number of benzene rings is 1. The largest absolute Gasteiger partial charge is 0.327 e. The molecular formula is C11H12N4. The van der Waals surface area contributed by atoms with Gasteiger partial charge in [-0.15, -0.1) is 10.2 Å². The number of allylic oxidation sites excluding steroid dienone is 2. The first-order chi connectivity index (χ1) is 7.29. The van der Waals surface area contributed by atoms with Crippen molar-refractivity contribution in [2.24, 2.45) is 0 Å². The van der Waals surface area contributed by atoms with Gasteiger partial charge in [0.05, 0.1) is 5.52 Å². The second-order valence-electron chi connectivity index (χ2n) is 3.22. The van der Waals surface area contributed by atoms with Gasteiger partial charge in [0.15, 0.2) is 0 Å². The minimum absolute atomic E-state index is 0.532. The SMILES string of the molecule is C/C=C(\C)Nc1nnc2ccccc2n1. The molecule has 0 aliphatic carbocycles. The summed E-state index contributed by atoms with van der Waals surface area (Å²) in [5.41, 5.74) is 2.66. The van der Waals surface area contributed by atoms with Crippen molar-refractivity contribution < 1.29 is 0 Å². The Labute approximate surface area is 88.1 Å². The van der Waals surface area contributed by atoms with E-state index in [1.54, 1.807) is 0 Å². The Morgan fingerprint density at radius 3 is 2.67 bits per heavy atom. The maximum Gasteiger partial charge on any atom is 0.247 e. The number of rotatable bonds is 2. The van der Waals surface area contributed by atoms with Gasteiger partial charge in [0.2, 0.25) is 5.95 Å². The average molecular weight is 200 g/mol. The van der Waals surface area contributed by atoms with Crippen LogP contribution in [0.25, 0.3) is 11.0 Å². The number of fused-ring (bicyclic) bond motifs is 1. The van der Waals surface area contributed by atoms with Crippen molar-refractivity contribution in [1.82, 2.24) is 15.2 Å². The lowest BCUT2D eigenvalue weighted by Crippen LogP contribution is -2.02. The summed E-state index contributed by atoms with van der Waals surface area (Å²) in [5, 5.41) is 11.1. The van der Waals surface area contributed by atoms with Gasteiger partial charge in [-0.1, -0.05) is 18.2 Å². The minimum Gasteiger partial charge on any atom is -0.327 e. The van der Waals surface area contributed by atoms with E-state index in [0.29, 0.717) is 5.95 Å². The third-order valence-corrected chi connectivity index (χ3v) is 2.10. The summed E-state index contributed by atoms with van der Waals surface area (Å²) in [7, 11) is 0. The second-order valence-corrected chi connectivity index (χ2v) is 3.22. The van der Waals surface area contributed by atoms with Crippen LogP contribution >= 0.6 is 0 Å². The summed E-state index contributed by atoms with van der Waals surface area (Å²) in [5.74, 6) is 0.532. The number of nitrogens with zero attached hydrogens (tertiary/aromatic N) is 3. The van der Waals surface area contributed by atoms with Gasteiger partial charge in [0.25, 0.3) is 0 Å². The van der Waals surface area contributed by atoms with E-state index in [4.69, 9.17) is 0 Å². The highest BCUT2D eigenvalue weighted by Gasteiger charge is 1.99. The van der Waals surface area contributed by atoms with Crippen LogP contribution in [0.5, 0.6) is 0 Å². The van der Waals surface area contributed by atoms with Gasteiger partial charge in [-0.25, -0.2) is 4.98 Å². The molecule has 0 saturated carbocycles. The van der Waals surface area contributed by atoms with Crippen molar-refractivity contribution in [2.45, 2.75) is 13.8 Å². The van der Waals surface area contributed by atoms with Crippen molar-refractivity contribution in [1.29, 1.82) is 0 Å². The van der Waals surface area contributed by atoms with E-state index < -0.39 is 0 Å². The van der Waals surface area contributed by atoms with E-state index in [2.05, 4.69) is 20.5 Å². The lowest BCUT2D eigenvalue weighted by Gasteiger charge is -2.03. The van der Waals surface area contributed by atoms with Crippen LogP contribution in [-0.4, -0.2) is 15.2 Å². The van der Waals surface area contributed by atoms with Gasteiger partial charge in [0.1, 0.15) is 5.52 Å². The van der Waals surface area contributed by atoms with Gasteiger partial charge in [-0.05, 0) is 26.0 Å². The van der Waals surface area contributed by atoms with Crippen LogP contribution < -0.4 is 5.32 Å². The molecule has 0 aliphatic heterocycles. The van der Waals surface area contributed by atoms with Gasteiger partial charge in [-0.3, -0.25) is 0 Å². The quantitative estimate of drug-likeness (QED) is 0.808. The van der Waals surface area contributed by atoms with Crippen molar-refractivity contribution >= 4 is 17.0 Å². The molecule has 76 valence electrons. The number of hydrogen-bond acceptors (Lipinski definition) is 4. The molecule has 4 nitrogen and oxygen atoms in total. The highest BCUT2D eigenvalue weighted by molar-refractivity contribution is 5.74. The van der Waals surface area contributed by atoms with E-state index in [0.717, 1.165) is 16.7 Å². The molecule has 0 atom stereocenters. The molecular weight excluding hydrogens is 188 g/mol. The first-order valence-corrected chi connectivity index (χ1v) is 4.79. The lowest BCUT2D eigenvalue weighted by molar-refractivity contribution is 1.02. The van der Waals surface area contributed by atoms with E-state index in [9.17, 15) is 0 Å². The zero-order chi connectivity index (χ0) is 10.7. The molecule has 0 aliphatic rings. The fourth-order valence-corrected chi connectivity index (χ4v) is 1.18. The average Bonchev–Trinajstić information content (AvgIpc) is 2.29. The third-order valence-electron chi connectivity index (χ3n) is 2.10. The number of para-hydroxylation sites is 1. The molecule has 15 heavy (non-hydrogen) atoms. The molecule has 4 heteroatoms. The first kappa shape index (κ1) is 9.58. The Bertz CT molecular complexity index is 505. The van der Waals surface area contributed by atoms with E-state index >= 15 is 0 Å². The van der Waals surface area contributed by atoms with Crippen molar-refractivity contribution in [3.63, 3.8) is 0 Å². The monoisotopic (exact) mass is 200 g/mol. The summed E-state index contributed by atoms with van der Waals surface area (Å²) in [6.07, 6.45) is 1.96. The van der Waals surface area contributed by atoms with Crippen LogP contribution in [0, 0.1) is 0 Å². The van der Waals surface area contributed by atoms with Gasteiger partial charge in [-0.2, -0.15) is 0 Å². The molecule has 1 aromatic carbocycles. The van der Waals surface area contributed by atoms with Gasteiger partial charge >= 0.3 is 0 Å². The Morgan fingerprint density at radius 2 is 1.93 bits per heavy atom. The molecule has 0 fully saturated rings. The summed E-state index contributed by atoms with van der Waals surface area (Å²) < 4.78 is 0. The fraction of sp³-hybridized carbons (Fsp3) is 0.182. The van der Waals surface area contributed by atoms with Gasteiger partial charge < -0.3 is 5.32 Å². The molecule has 2 rings (SSSR count). The normalized spacial score (nSPS) is 11.7. The first-order valence-electron chi connectivity index (χ1n) is 4.79. The third kappa shape index (κ3) is 2.10. The van der Waals surface area contributed by atoms with Crippen LogP contribution in [0.2, 0.25) is 0 Å². The molecule has 0 saturated heterocycles. The molecule has 0 bridgehead atoms. The maximum absolute atomic E-state index is 4.34. The van der Waals surface area contributed by atoms with Crippen LogP contribution in [0.1, 0.15) is 13.8 Å². The predicted octanol–water partition coefficient (Wildman–Crippen LogP) is 2.36. The Balaban J connectivity index is 2.39. The van der Waals surface area contributed by atoms with Gasteiger partial charge in [0, 0.05) is 5.70 Å². The van der Waals surface area contributed by atoms with Crippen LogP contribution in [0.15, 0.2) is 36.0 Å². The van der Waals surface area contributed by atoms with Crippen LogP contribution in [0.3, 0.4) is 0 Å². The number of nitrogens with one attached hydrogen (secondary N) is 1. The zero-order valence-electron chi connectivity index (χ0n) is 8.73. The molecule has 0 spiro atoms. The Hall–Kier alpha value is -1.97. The van der Waals surface area contributed by atoms with E-state index in [-0.39, 0.29) is 0 Å². The minimum atomic E-state index is 0.532. The van der Waals surface area contributed by atoms with E-state index in [1.165, 1.54) is 0 Å². The fourth-order valence-electron chi connectivity index (χ4n) is 1.18. The van der Waals surface area contributed by atoms with E-state index in [1.807, 2.05) is 44.2 Å². The highest BCUT2D eigenvalue weighted by atomic mass is 15.2. The maximum atomic E-state index is 4.34. The summed E-state index contributed by atoms with van der Waals surface area (Å²) in [6.45, 7) is 3.91. The smallest absolute Gasteiger partial charge is 0.247 e. The lowest BCUT2D eigenvalue weighted by atomic mass is 10.3. The Morgan fingerprint density at radius 1 is 1.20 bits per heavy atom. The topological polar surface area (TPSA) is 50.7 Å². The number of aromatic nitrogens is 3. The Kier molecular flexibility index (Phi) is 2.58. The molecule has 1 heterocycles. The standard InChI is InChI=1S/C11H12N4/c1-3-8(2)12-11-13-9-6-4-5-7-10(9)14-15-11/h3-7H,1-2H3,(H,12,13,15)/b8-3+. The number of hydrogen-bond donors (Lipinski definition) is 1. The molecule has 2 aromatic rings. The van der Waals surface area contributed by atoms with Crippen molar-refractivity contribution in [3.8, 4) is 0 Å². The zero-order valence-corrected chi connectivity index (χ0v) is 8.73. The van der Waals surface area contributed by atoms with Crippen molar-refractivity contribution in [2.75, 3.05) is 5.32 Å². The summed E-state index contributed by atoms with van der Waals surface area (Å²) >= 11 is 0. The highest BCUT2D eigenvalue weighted by Crippen LogP contribution is 2.09. The summed E-state index contributed by atoms with van der Waals surface area (Å²) in [6, 6.07) is 7.66. The van der Waals surface area contributed by atoms with Crippen LogP contribution in [0.4, 0.5) is 5.95 Å². The molecule has 0 radical (unpaired) electrons. The predicted molar refractivity (Wildman–Crippen MR) is 60.4 cm³/mol. The molecule has 0 unspecified atom stereocenters. The molecule has 1 aromatic heterocycles. The molecule has 0 amide bonds. The number of anilines is 1. The molecule has 1 N–H and O–H groups in total. The summed E-state index contributed by atoms with van der Waals surface area (Å²) in [4.78, 5) is 4.34. The second kappa shape index (κ2) is 4.04. The van der Waals surface area contributed by atoms with Crippen molar-refractivity contribution in [3.05, 3.63) is 36.0 Å².